The molecule has 0 unspecified atom stereocenters. The molecule has 0 amide bonds. The van der Waals surface area contributed by atoms with Crippen molar-refractivity contribution < 1.29 is 34.4 Å². The number of carbonyl (C=O) groups is 2. The Hall–Kier alpha value is -2.90. The summed E-state index contributed by atoms with van der Waals surface area (Å²) < 4.78 is 10.7. The van der Waals surface area contributed by atoms with Gasteiger partial charge in [0.2, 0.25) is 0 Å². The molecule has 1 heterocycles. The minimum absolute atomic E-state index is 0.0158. The van der Waals surface area contributed by atoms with Gasteiger partial charge in [0.1, 0.15) is 29.3 Å². The van der Waals surface area contributed by atoms with Crippen LogP contribution < -0.4 is 4.74 Å². The van der Waals surface area contributed by atoms with Crippen LogP contribution >= 0.6 is 0 Å². The molecule has 2 aromatic rings. The molecule has 2 aromatic carbocycles. The standard InChI is InChI=1S/C22H24O7/c1-12-5-3-8-17(23)21(26)20(25)14-7-4-6-13(9-14)16-10-15(28-2)11-18(24)19(16)22(27)29-12/h4,6-7,9-12,20-21,24-26H,3,5,8H2,1-2H3/t12-,20+,21+/m0/s1. The van der Waals surface area contributed by atoms with Crippen molar-refractivity contribution in [2.45, 2.75) is 44.5 Å². The fourth-order valence-electron chi connectivity index (χ4n) is 3.42. The molecular formula is C22H24O7. The number of fused-ring (bicyclic) bond motifs is 4. The molecule has 0 fully saturated rings. The van der Waals surface area contributed by atoms with Gasteiger partial charge in [-0.2, -0.15) is 0 Å². The molecular weight excluding hydrogens is 376 g/mol. The van der Waals surface area contributed by atoms with Gasteiger partial charge in [-0.15, -0.1) is 0 Å². The summed E-state index contributed by atoms with van der Waals surface area (Å²) in [7, 11) is 1.44. The predicted molar refractivity (Wildman–Crippen MR) is 105 cm³/mol. The minimum Gasteiger partial charge on any atom is -0.507 e. The summed E-state index contributed by atoms with van der Waals surface area (Å²) in [5.74, 6) is -1.12. The monoisotopic (exact) mass is 400 g/mol. The van der Waals surface area contributed by atoms with Crippen molar-refractivity contribution in [2.75, 3.05) is 7.11 Å². The fraction of sp³-hybridized carbons (Fsp3) is 0.364. The molecule has 0 aliphatic carbocycles. The maximum Gasteiger partial charge on any atom is 0.342 e. The van der Waals surface area contributed by atoms with E-state index in [1.165, 1.54) is 13.2 Å². The van der Waals surface area contributed by atoms with Crippen molar-refractivity contribution in [3.8, 4) is 22.6 Å². The first-order chi connectivity index (χ1) is 13.8. The van der Waals surface area contributed by atoms with E-state index in [4.69, 9.17) is 9.47 Å². The summed E-state index contributed by atoms with van der Waals surface area (Å²) in [4.78, 5) is 25.0. The van der Waals surface area contributed by atoms with E-state index >= 15 is 0 Å². The number of hydrogen-bond donors (Lipinski definition) is 3. The van der Waals surface area contributed by atoms with E-state index in [1.54, 1.807) is 37.3 Å². The van der Waals surface area contributed by atoms with Gasteiger partial charge in [-0.25, -0.2) is 4.79 Å². The molecule has 0 radical (unpaired) electrons. The molecule has 154 valence electrons. The molecule has 2 bridgehead atoms. The molecule has 3 rings (SSSR count). The second kappa shape index (κ2) is 8.63. The molecule has 3 N–H and O–H groups in total. The van der Waals surface area contributed by atoms with E-state index in [0.29, 0.717) is 35.3 Å². The molecule has 29 heavy (non-hydrogen) atoms. The van der Waals surface area contributed by atoms with Crippen LogP contribution in [0.4, 0.5) is 0 Å². The van der Waals surface area contributed by atoms with Crippen LogP contribution in [0.15, 0.2) is 36.4 Å². The van der Waals surface area contributed by atoms with E-state index in [9.17, 15) is 24.9 Å². The highest BCUT2D eigenvalue weighted by molar-refractivity contribution is 6.00. The van der Waals surface area contributed by atoms with Crippen LogP contribution in [-0.2, 0) is 9.53 Å². The second-order valence-electron chi connectivity index (χ2n) is 7.16. The summed E-state index contributed by atoms with van der Waals surface area (Å²) in [6.45, 7) is 1.69. The molecule has 1 aliphatic rings. The Morgan fingerprint density at radius 3 is 2.59 bits per heavy atom. The number of hydrogen-bond acceptors (Lipinski definition) is 7. The van der Waals surface area contributed by atoms with Gasteiger partial charge >= 0.3 is 5.97 Å². The van der Waals surface area contributed by atoms with Crippen molar-refractivity contribution in [1.82, 2.24) is 0 Å². The molecule has 3 atom stereocenters. The molecule has 7 heteroatoms. The quantitative estimate of drug-likeness (QED) is 0.631. The molecule has 0 saturated heterocycles. The van der Waals surface area contributed by atoms with Gasteiger partial charge in [0.05, 0.1) is 13.2 Å². The van der Waals surface area contributed by atoms with E-state index in [2.05, 4.69) is 0 Å². The Morgan fingerprint density at radius 2 is 1.86 bits per heavy atom. The zero-order valence-corrected chi connectivity index (χ0v) is 16.3. The highest BCUT2D eigenvalue weighted by Crippen LogP contribution is 2.37. The van der Waals surface area contributed by atoms with Crippen LogP contribution in [0.1, 0.15) is 48.2 Å². The summed E-state index contributed by atoms with van der Waals surface area (Å²) in [6.07, 6.45) is -2.61. The van der Waals surface area contributed by atoms with Gasteiger partial charge in [-0.3, -0.25) is 4.79 Å². The average Bonchev–Trinajstić information content (AvgIpc) is 2.71. The van der Waals surface area contributed by atoms with Crippen LogP contribution in [-0.4, -0.2) is 46.4 Å². The predicted octanol–water partition coefficient (Wildman–Crippen LogP) is 2.76. The lowest BCUT2D eigenvalue weighted by molar-refractivity contribution is -0.133. The summed E-state index contributed by atoms with van der Waals surface area (Å²) in [5, 5.41) is 31.2. The number of Topliss-reactive ketones (excluding diaryl/α,β-unsaturated/α-hetero) is 1. The normalized spacial score (nSPS) is 23.0. The van der Waals surface area contributed by atoms with Crippen LogP contribution in [0.25, 0.3) is 11.1 Å². The number of methoxy groups -OCH3 is 1. The number of ether oxygens (including phenoxy) is 2. The van der Waals surface area contributed by atoms with Crippen molar-refractivity contribution >= 4 is 11.8 Å². The Labute approximate surface area is 168 Å². The highest BCUT2D eigenvalue weighted by atomic mass is 16.5. The molecule has 0 saturated carbocycles. The van der Waals surface area contributed by atoms with Gasteiger partial charge in [0.25, 0.3) is 0 Å². The summed E-state index contributed by atoms with van der Waals surface area (Å²) in [6, 6.07) is 9.36. The van der Waals surface area contributed by atoms with Crippen molar-refractivity contribution in [2.24, 2.45) is 0 Å². The third-order valence-corrected chi connectivity index (χ3v) is 5.04. The number of carbonyl (C=O) groups excluding carboxylic acids is 2. The number of phenols is 1. The average molecular weight is 400 g/mol. The Morgan fingerprint density at radius 1 is 1.10 bits per heavy atom. The van der Waals surface area contributed by atoms with Crippen molar-refractivity contribution in [1.29, 1.82) is 0 Å². The first-order valence-electron chi connectivity index (χ1n) is 9.43. The smallest absolute Gasteiger partial charge is 0.342 e. The van der Waals surface area contributed by atoms with Crippen molar-refractivity contribution in [3.63, 3.8) is 0 Å². The molecule has 0 spiro atoms. The van der Waals surface area contributed by atoms with Gasteiger partial charge in [-0.1, -0.05) is 18.2 Å². The molecule has 0 aromatic heterocycles. The first kappa shape index (κ1) is 20.8. The number of esters is 1. The number of cyclic esters (lactones) is 1. The zero-order chi connectivity index (χ0) is 21.1. The summed E-state index contributed by atoms with van der Waals surface area (Å²) in [5.41, 5.74) is 1.14. The number of aromatic hydroxyl groups is 1. The third kappa shape index (κ3) is 4.41. The van der Waals surface area contributed by atoms with E-state index in [-0.39, 0.29) is 17.7 Å². The lowest BCUT2D eigenvalue weighted by Crippen LogP contribution is -2.28. The van der Waals surface area contributed by atoms with Crippen LogP contribution in [0.5, 0.6) is 11.5 Å². The summed E-state index contributed by atoms with van der Waals surface area (Å²) >= 11 is 0. The van der Waals surface area contributed by atoms with Gasteiger partial charge < -0.3 is 24.8 Å². The van der Waals surface area contributed by atoms with Gasteiger partial charge in [-0.05, 0) is 43.0 Å². The van der Waals surface area contributed by atoms with Crippen LogP contribution in [0.2, 0.25) is 0 Å². The van der Waals surface area contributed by atoms with Crippen LogP contribution in [0.3, 0.4) is 0 Å². The fourth-order valence-corrected chi connectivity index (χ4v) is 3.42. The lowest BCUT2D eigenvalue weighted by atomic mass is 9.92. The number of rotatable bonds is 1. The SMILES string of the molecule is COc1cc(O)c2c(c1)-c1cccc(c1)[C@@H](O)[C@H](O)C(=O)CCC[C@H](C)OC2=O. The maximum atomic E-state index is 12.8. The van der Waals surface area contributed by atoms with E-state index < -0.39 is 30.1 Å². The highest BCUT2D eigenvalue weighted by Gasteiger charge is 2.28. The van der Waals surface area contributed by atoms with E-state index in [0.717, 1.165) is 0 Å². The lowest BCUT2D eigenvalue weighted by Gasteiger charge is -2.21. The van der Waals surface area contributed by atoms with Crippen LogP contribution in [0, 0.1) is 0 Å². The second-order valence-corrected chi connectivity index (χ2v) is 7.16. The Bertz CT molecular complexity index is 921. The largest absolute Gasteiger partial charge is 0.507 e. The van der Waals surface area contributed by atoms with E-state index in [1.807, 2.05) is 0 Å². The number of ketones is 1. The Kier molecular flexibility index (Phi) is 6.20. The number of aliphatic hydroxyl groups excluding tert-OH is 2. The Balaban J connectivity index is 2.19. The minimum atomic E-state index is -1.55. The van der Waals surface area contributed by atoms with Gasteiger partial charge in [0, 0.05) is 18.1 Å². The van der Waals surface area contributed by atoms with Gasteiger partial charge in [0.15, 0.2) is 5.78 Å². The topological polar surface area (TPSA) is 113 Å². The zero-order valence-electron chi connectivity index (χ0n) is 16.3. The first-order valence-corrected chi connectivity index (χ1v) is 9.43. The maximum absolute atomic E-state index is 12.8. The van der Waals surface area contributed by atoms with Crippen molar-refractivity contribution in [3.05, 3.63) is 47.5 Å². The molecule has 1 aliphatic heterocycles. The number of aliphatic hydroxyl groups is 2. The number of benzene rings is 2. The number of phenolic OH excluding ortho intramolecular Hbond substituents is 1. The molecule has 7 nitrogen and oxygen atoms in total. The third-order valence-electron chi connectivity index (χ3n) is 5.04.